The molecular formula is C20H26O3. The molecule has 0 radical (unpaired) electrons. The van der Waals surface area contributed by atoms with E-state index in [-0.39, 0.29) is 40.0 Å². The minimum atomic E-state index is -0.321. The van der Waals surface area contributed by atoms with Crippen LogP contribution >= 0.6 is 0 Å². The molecule has 2 unspecified atom stereocenters. The Balaban J connectivity index is 2.25. The summed E-state index contributed by atoms with van der Waals surface area (Å²) in [6.07, 6.45) is 6.26. The number of hydrogen-bond acceptors (Lipinski definition) is 3. The van der Waals surface area contributed by atoms with E-state index in [1.54, 1.807) is 12.2 Å². The minimum absolute atomic E-state index is 0.00143. The Hall–Kier alpha value is -1.64. The number of aliphatic hydroxyl groups is 1. The summed E-state index contributed by atoms with van der Waals surface area (Å²) < 4.78 is 0. The highest BCUT2D eigenvalue weighted by atomic mass is 16.3. The molecule has 3 heteroatoms. The summed E-state index contributed by atoms with van der Waals surface area (Å²) in [4.78, 5) is 25.3. The maximum absolute atomic E-state index is 13.0. The van der Waals surface area contributed by atoms with Crippen LogP contribution in [0, 0.1) is 22.7 Å². The highest BCUT2D eigenvalue weighted by molar-refractivity contribution is 6.09. The number of carbonyl (C=O) groups excluding carboxylic acids is 2. The zero-order valence-corrected chi connectivity index (χ0v) is 14.7. The Labute approximate surface area is 138 Å². The first-order chi connectivity index (χ1) is 10.6. The van der Waals surface area contributed by atoms with Gasteiger partial charge < -0.3 is 5.11 Å². The van der Waals surface area contributed by atoms with Crippen LogP contribution in [0.1, 0.15) is 53.9 Å². The fourth-order valence-electron chi connectivity index (χ4n) is 5.17. The quantitative estimate of drug-likeness (QED) is 0.785. The summed E-state index contributed by atoms with van der Waals surface area (Å²) in [5, 5.41) is 10.2. The fourth-order valence-corrected chi connectivity index (χ4v) is 5.17. The van der Waals surface area contributed by atoms with Crippen molar-refractivity contribution >= 4 is 11.6 Å². The molecule has 0 saturated heterocycles. The maximum Gasteiger partial charge on any atom is 0.220 e. The van der Waals surface area contributed by atoms with Crippen molar-refractivity contribution in [3.63, 3.8) is 0 Å². The number of fused-ring (bicyclic) bond motifs is 3. The topological polar surface area (TPSA) is 54.4 Å². The molecule has 0 bridgehead atoms. The predicted octanol–water partition coefficient (Wildman–Crippen LogP) is 4.31. The molecule has 0 aromatic heterocycles. The minimum Gasteiger partial charge on any atom is -0.504 e. The largest absolute Gasteiger partial charge is 0.504 e. The molecule has 3 rings (SSSR count). The molecule has 0 aromatic rings. The Morgan fingerprint density at radius 1 is 1.13 bits per heavy atom. The summed E-state index contributed by atoms with van der Waals surface area (Å²) in [6, 6.07) is 0. The van der Waals surface area contributed by atoms with Gasteiger partial charge in [0.15, 0.2) is 11.5 Å². The molecule has 23 heavy (non-hydrogen) atoms. The van der Waals surface area contributed by atoms with E-state index in [4.69, 9.17) is 0 Å². The van der Waals surface area contributed by atoms with Crippen molar-refractivity contribution in [3.8, 4) is 0 Å². The average Bonchev–Trinajstić information content (AvgIpc) is 2.39. The predicted molar refractivity (Wildman–Crippen MR) is 89.9 cm³/mol. The van der Waals surface area contributed by atoms with Gasteiger partial charge in [-0.15, -0.1) is 0 Å². The van der Waals surface area contributed by atoms with Crippen LogP contribution in [0.2, 0.25) is 0 Å². The van der Waals surface area contributed by atoms with Crippen molar-refractivity contribution in [2.45, 2.75) is 53.9 Å². The van der Waals surface area contributed by atoms with Gasteiger partial charge in [0, 0.05) is 16.9 Å². The average molecular weight is 314 g/mol. The number of hydrogen-bond donors (Lipinski definition) is 1. The van der Waals surface area contributed by atoms with E-state index in [1.807, 2.05) is 13.8 Å². The SMILES string of the molecule is CC(C)C1=C(O)C(=O)C=C2C1=CC(=O)C1C(C)(C)CCCC21C. The molecule has 3 aliphatic carbocycles. The second-order valence-corrected chi connectivity index (χ2v) is 8.49. The molecule has 0 aliphatic heterocycles. The van der Waals surface area contributed by atoms with Crippen LogP contribution in [0.4, 0.5) is 0 Å². The molecule has 0 aromatic carbocycles. The van der Waals surface area contributed by atoms with E-state index in [1.165, 1.54) is 0 Å². The van der Waals surface area contributed by atoms with Crippen molar-refractivity contribution in [1.82, 2.24) is 0 Å². The highest BCUT2D eigenvalue weighted by Crippen LogP contribution is 2.60. The van der Waals surface area contributed by atoms with Crippen LogP contribution < -0.4 is 0 Å². The third-order valence-electron chi connectivity index (χ3n) is 6.04. The van der Waals surface area contributed by atoms with Gasteiger partial charge in [-0.2, -0.15) is 0 Å². The van der Waals surface area contributed by atoms with E-state index >= 15 is 0 Å². The van der Waals surface area contributed by atoms with E-state index in [0.29, 0.717) is 5.57 Å². The first-order valence-corrected chi connectivity index (χ1v) is 8.55. The van der Waals surface area contributed by atoms with Gasteiger partial charge in [-0.05, 0) is 47.5 Å². The lowest BCUT2D eigenvalue weighted by Gasteiger charge is -2.54. The second kappa shape index (κ2) is 4.93. The molecule has 1 fully saturated rings. The van der Waals surface area contributed by atoms with Gasteiger partial charge >= 0.3 is 0 Å². The van der Waals surface area contributed by atoms with Crippen LogP contribution in [0.25, 0.3) is 0 Å². The number of carbonyl (C=O) groups is 2. The summed E-state index contributed by atoms with van der Waals surface area (Å²) in [6.45, 7) is 10.4. The fraction of sp³-hybridized carbons (Fsp3) is 0.600. The lowest BCUT2D eigenvalue weighted by atomic mass is 9.49. The monoisotopic (exact) mass is 314 g/mol. The third-order valence-corrected chi connectivity index (χ3v) is 6.04. The van der Waals surface area contributed by atoms with Crippen LogP contribution in [0.5, 0.6) is 0 Å². The van der Waals surface area contributed by atoms with Gasteiger partial charge in [-0.25, -0.2) is 0 Å². The van der Waals surface area contributed by atoms with Crippen LogP contribution in [0.15, 0.2) is 34.6 Å². The lowest BCUT2D eigenvalue weighted by Crippen LogP contribution is -2.50. The van der Waals surface area contributed by atoms with Crippen LogP contribution in [-0.4, -0.2) is 16.7 Å². The smallest absolute Gasteiger partial charge is 0.220 e. The molecule has 1 N–H and O–H groups in total. The van der Waals surface area contributed by atoms with Crippen LogP contribution in [-0.2, 0) is 9.59 Å². The molecule has 3 nitrogen and oxygen atoms in total. The molecule has 1 saturated carbocycles. The molecule has 2 atom stereocenters. The van der Waals surface area contributed by atoms with E-state index in [9.17, 15) is 14.7 Å². The zero-order chi connectivity index (χ0) is 17.2. The van der Waals surface area contributed by atoms with Crippen molar-refractivity contribution < 1.29 is 14.7 Å². The van der Waals surface area contributed by atoms with Gasteiger partial charge in [0.1, 0.15) is 0 Å². The van der Waals surface area contributed by atoms with Crippen molar-refractivity contribution in [1.29, 1.82) is 0 Å². The van der Waals surface area contributed by atoms with Crippen molar-refractivity contribution in [3.05, 3.63) is 34.6 Å². The van der Waals surface area contributed by atoms with E-state index < -0.39 is 0 Å². The van der Waals surface area contributed by atoms with Crippen LogP contribution in [0.3, 0.4) is 0 Å². The summed E-state index contributed by atoms with van der Waals surface area (Å²) in [5.41, 5.74) is 1.99. The first-order valence-electron chi connectivity index (χ1n) is 8.55. The lowest BCUT2D eigenvalue weighted by molar-refractivity contribution is -0.130. The molecular weight excluding hydrogens is 288 g/mol. The van der Waals surface area contributed by atoms with E-state index in [0.717, 1.165) is 30.4 Å². The Bertz CT molecular complexity index is 688. The Morgan fingerprint density at radius 2 is 1.78 bits per heavy atom. The second-order valence-electron chi connectivity index (χ2n) is 8.49. The molecule has 124 valence electrons. The van der Waals surface area contributed by atoms with Crippen molar-refractivity contribution in [2.75, 3.05) is 0 Å². The Morgan fingerprint density at radius 3 is 2.39 bits per heavy atom. The zero-order valence-electron chi connectivity index (χ0n) is 14.7. The number of rotatable bonds is 1. The number of allylic oxidation sites excluding steroid dienone is 5. The Kier molecular flexibility index (Phi) is 3.48. The van der Waals surface area contributed by atoms with Crippen molar-refractivity contribution in [2.24, 2.45) is 22.7 Å². The number of aliphatic hydroxyl groups excluding tert-OH is 1. The summed E-state index contributed by atoms with van der Waals surface area (Å²) in [7, 11) is 0. The first kappa shape index (κ1) is 16.2. The summed E-state index contributed by atoms with van der Waals surface area (Å²) in [5.74, 6) is -0.471. The van der Waals surface area contributed by atoms with Gasteiger partial charge in [0.2, 0.25) is 5.78 Å². The molecule has 3 aliphatic rings. The molecule has 0 amide bonds. The normalized spacial score (nSPS) is 33.2. The van der Waals surface area contributed by atoms with Gasteiger partial charge in [0.25, 0.3) is 0 Å². The summed E-state index contributed by atoms with van der Waals surface area (Å²) >= 11 is 0. The molecule has 0 spiro atoms. The standard InChI is InChI=1S/C20H26O3/c1-11(2)16-12-9-15(22)18-19(3,4)7-6-8-20(18,5)13(12)10-14(21)17(16)23/h9-11,18,23H,6-8H2,1-5H3. The van der Waals surface area contributed by atoms with E-state index in [2.05, 4.69) is 20.8 Å². The van der Waals surface area contributed by atoms with Gasteiger partial charge in [-0.1, -0.05) is 41.0 Å². The maximum atomic E-state index is 13.0. The molecule has 0 heterocycles. The van der Waals surface area contributed by atoms with Gasteiger partial charge in [0.05, 0.1) is 0 Å². The third kappa shape index (κ3) is 2.16. The van der Waals surface area contributed by atoms with Gasteiger partial charge in [-0.3, -0.25) is 9.59 Å². The highest BCUT2D eigenvalue weighted by Gasteiger charge is 2.55. The number of ketones is 2.